The molecular formula is C17H35N3O. The third-order valence-electron chi connectivity index (χ3n) is 4.66. The highest BCUT2D eigenvalue weighted by atomic mass is 16.2. The first kappa shape index (κ1) is 18.4. The molecule has 21 heavy (non-hydrogen) atoms. The van der Waals surface area contributed by atoms with Crippen molar-refractivity contribution >= 4 is 5.91 Å². The maximum absolute atomic E-state index is 11.6. The summed E-state index contributed by atoms with van der Waals surface area (Å²) >= 11 is 0. The monoisotopic (exact) mass is 297 g/mol. The van der Waals surface area contributed by atoms with E-state index < -0.39 is 0 Å². The summed E-state index contributed by atoms with van der Waals surface area (Å²) in [7, 11) is 2.19. The molecule has 0 aromatic heterocycles. The second kappa shape index (κ2) is 9.42. The molecule has 1 amide bonds. The zero-order valence-corrected chi connectivity index (χ0v) is 14.8. The minimum Gasteiger partial charge on any atom is -0.335 e. The number of piperazine rings is 1. The van der Waals surface area contributed by atoms with Crippen LogP contribution in [0.2, 0.25) is 0 Å². The van der Waals surface area contributed by atoms with E-state index in [1.165, 1.54) is 38.8 Å². The quantitative estimate of drug-likeness (QED) is 0.644. The molecule has 1 aliphatic rings. The van der Waals surface area contributed by atoms with Gasteiger partial charge in [-0.1, -0.05) is 19.8 Å². The van der Waals surface area contributed by atoms with Crippen molar-refractivity contribution in [2.75, 3.05) is 39.8 Å². The third-order valence-corrected chi connectivity index (χ3v) is 4.66. The smallest absolute Gasteiger partial charge is 0.220 e. The molecule has 124 valence electrons. The predicted molar refractivity (Wildman–Crippen MR) is 89.5 cm³/mol. The molecule has 0 bridgehead atoms. The van der Waals surface area contributed by atoms with Gasteiger partial charge >= 0.3 is 0 Å². The van der Waals surface area contributed by atoms with Gasteiger partial charge in [-0.05, 0) is 53.4 Å². The Labute approximate surface area is 131 Å². The van der Waals surface area contributed by atoms with Gasteiger partial charge in [0.05, 0.1) is 0 Å². The summed E-state index contributed by atoms with van der Waals surface area (Å²) in [4.78, 5) is 18.6. The van der Waals surface area contributed by atoms with Crippen LogP contribution in [-0.2, 0) is 4.79 Å². The summed E-state index contributed by atoms with van der Waals surface area (Å²) in [6.45, 7) is 13.9. The predicted octanol–water partition coefficient (Wildman–Crippen LogP) is 2.44. The first-order chi connectivity index (χ1) is 9.95. The van der Waals surface area contributed by atoms with Crippen molar-refractivity contribution in [2.24, 2.45) is 0 Å². The average molecular weight is 297 g/mol. The molecule has 1 rings (SSSR count). The molecule has 0 aromatic carbocycles. The van der Waals surface area contributed by atoms with Crippen LogP contribution in [0.3, 0.4) is 0 Å². The van der Waals surface area contributed by atoms with Gasteiger partial charge in [-0.2, -0.15) is 0 Å². The Morgan fingerprint density at radius 1 is 1.10 bits per heavy atom. The Kier molecular flexibility index (Phi) is 8.27. The molecule has 2 unspecified atom stereocenters. The number of unbranched alkanes of at least 4 members (excludes halogenated alkanes) is 3. The molecule has 1 heterocycles. The molecule has 0 radical (unpaired) electrons. The van der Waals surface area contributed by atoms with Crippen LogP contribution < -0.4 is 0 Å². The largest absolute Gasteiger partial charge is 0.335 e. The second-order valence-electron chi connectivity index (χ2n) is 6.69. The lowest BCUT2D eigenvalue weighted by Gasteiger charge is -2.44. The van der Waals surface area contributed by atoms with E-state index in [1.54, 1.807) is 6.92 Å². The minimum absolute atomic E-state index is 0.217. The fourth-order valence-corrected chi connectivity index (χ4v) is 3.46. The van der Waals surface area contributed by atoms with Gasteiger partial charge in [0, 0.05) is 32.1 Å². The van der Waals surface area contributed by atoms with Gasteiger partial charge in [0.2, 0.25) is 5.91 Å². The van der Waals surface area contributed by atoms with Gasteiger partial charge in [-0.25, -0.2) is 0 Å². The van der Waals surface area contributed by atoms with Crippen LogP contribution in [0, 0.1) is 0 Å². The highest BCUT2D eigenvalue weighted by Gasteiger charge is 2.30. The van der Waals surface area contributed by atoms with Gasteiger partial charge in [-0.3, -0.25) is 9.69 Å². The number of amides is 1. The van der Waals surface area contributed by atoms with E-state index in [-0.39, 0.29) is 5.91 Å². The van der Waals surface area contributed by atoms with Crippen molar-refractivity contribution in [3.8, 4) is 0 Å². The van der Waals surface area contributed by atoms with E-state index in [1.807, 2.05) is 4.90 Å². The minimum atomic E-state index is 0.217. The van der Waals surface area contributed by atoms with Crippen molar-refractivity contribution in [1.29, 1.82) is 0 Å². The van der Waals surface area contributed by atoms with E-state index in [2.05, 4.69) is 37.6 Å². The molecule has 0 N–H and O–H groups in total. The molecule has 0 saturated carbocycles. The topological polar surface area (TPSA) is 26.8 Å². The molecule has 0 spiro atoms. The van der Waals surface area contributed by atoms with Gasteiger partial charge in [0.15, 0.2) is 0 Å². The fourth-order valence-electron chi connectivity index (χ4n) is 3.46. The molecule has 1 saturated heterocycles. The van der Waals surface area contributed by atoms with E-state index in [0.29, 0.717) is 12.1 Å². The number of nitrogens with zero attached hydrogens (tertiary/aromatic N) is 3. The number of carbonyl (C=O) groups excluding carboxylic acids is 1. The van der Waals surface area contributed by atoms with E-state index in [4.69, 9.17) is 0 Å². The van der Waals surface area contributed by atoms with Crippen LogP contribution in [0.1, 0.15) is 53.4 Å². The van der Waals surface area contributed by atoms with E-state index >= 15 is 0 Å². The Balaban J connectivity index is 2.15. The van der Waals surface area contributed by atoms with Crippen molar-refractivity contribution in [3.63, 3.8) is 0 Å². The average Bonchev–Trinajstić information content (AvgIpc) is 2.41. The Bertz CT molecular complexity index is 296. The number of hydrogen-bond acceptors (Lipinski definition) is 3. The molecule has 0 aliphatic carbocycles. The molecule has 4 nitrogen and oxygen atoms in total. The number of rotatable bonds is 8. The maximum atomic E-state index is 11.6. The summed E-state index contributed by atoms with van der Waals surface area (Å²) in [5.41, 5.74) is 0. The van der Waals surface area contributed by atoms with E-state index in [0.717, 1.165) is 19.6 Å². The number of carbonyl (C=O) groups is 1. The molecule has 2 atom stereocenters. The molecule has 1 aliphatic heterocycles. The van der Waals surface area contributed by atoms with Crippen molar-refractivity contribution < 1.29 is 4.79 Å². The summed E-state index contributed by atoms with van der Waals surface area (Å²) in [5, 5.41) is 0. The molecular weight excluding hydrogens is 262 g/mol. The second-order valence-corrected chi connectivity index (χ2v) is 6.69. The maximum Gasteiger partial charge on any atom is 0.220 e. The fraction of sp³-hybridized carbons (Fsp3) is 0.941. The lowest BCUT2D eigenvalue weighted by Crippen LogP contribution is -2.58. The normalized spacial score (nSPS) is 23.8. The number of hydrogen-bond donors (Lipinski definition) is 0. The lowest BCUT2D eigenvalue weighted by atomic mass is 10.1. The summed E-state index contributed by atoms with van der Waals surface area (Å²) in [5.74, 6) is 0.217. The van der Waals surface area contributed by atoms with Crippen molar-refractivity contribution in [1.82, 2.24) is 14.7 Å². The van der Waals surface area contributed by atoms with Gasteiger partial charge < -0.3 is 9.80 Å². The molecule has 1 fully saturated rings. The molecule has 4 heteroatoms. The first-order valence-corrected chi connectivity index (χ1v) is 8.65. The lowest BCUT2D eigenvalue weighted by molar-refractivity contribution is -0.136. The van der Waals surface area contributed by atoms with Gasteiger partial charge in [0.1, 0.15) is 0 Å². The van der Waals surface area contributed by atoms with Crippen LogP contribution in [0.15, 0.2) is 0 Å². The van der Waals surface area contributed by atoms with Gasteiger partial charge in [-0.15, -0.1) is 0 Å². The van der Waals surface area contributed by atoms with Crippen LogP contribution in [0.4, 0.5) is 0 Å². The Hall–Kier alpha value is -0.610. The van der Waals surface area contributed by atoms with Gasteiger partial charge in [0.25, 0.3) is 0 Å². The Morgan fingerprint density at radius 3 is 2.19 bits per heavy atom. The van der Waals surface area contributed by atoms with Crippen molar-refractivity contribution in [2.45, 2.75) is 65.5 Å². The van der Waals surface area contributed by atoms with Crippen LogP contribution in [0.5, 0.6) is 0 Å². The van der Waals surface area contributed by atoms with Crippen LogP contribution >= 0.6 is 0 Å². The summed E-state index contributed by atoms with van der Waals surface area (Å²) in [6, 6.07) is 0.703. The molecule has 0 aromatic rings. The zero-order chi connectivity index (χ0) is 15.8. The summed E-state index contributed by atoms with van der Waals surface area (Å²) in [6.07, 6.45) is 5.26. The summed E-state index contributed by atoms with van der Waals surface area (Å²) < 4.78 is 0. The van der Waals surface area contributed by atoms with Crippen LogP contribution in [-0.4, -0.2) is 72.5 Å². The standard InChI is InChI=1S/C17H35N3O/c1-6-18(5)11-9-7-8-10-12-19-13-15(2)20(17(4)21)16(3)14-19/h15-16H,6-14H2,1-5H3. The highest BCUT2D eigenvalue weighted by molar-refractivity contribution is 5.74. The zero-order valence-electron chi connectivity index (χ0n) is 14.8. The van der Waals surface area contributed by atoms with Crippen LogP contribution in [0.25, 0.3) is 0 Å². The third kappa shape index (κ3) is 6.35. The Morgan fingerprint density at radius 2 is 1.67 bits per heavy atom. The highest BCUT2D eigenvalue weighted by Crippen LogP contribution is 2.16. The first-order valence-electron chi connectivity index (χ1n) is 8.65. The SMILES string of the molecule is CCN(C)CCCCCCN1CC(C)N(C(C)=O)C(C)C1. The van der Waals surface area contributed by atoms with E-state index in [9.17, 15) is 4.79 Å². The van der Waals surface area contributed by atoms with Crippen molar-refractivity contribution in [3.05, 3.63) is 0 Å².